The van der Waals surface area contributed by atoms with Gasteiger partial charge in [0.1, 0.15) is 4.95 Å². The highest BCUT2D eigenvalue weighted by Gasteiger charge is 2.43. The van der Waals surface area contributed by atoms with Crippen LogP contribution in [0.3, 0.4) is 0 Å². The number of allylic oxidation sites excluding steroid dienone is 1. The van der Waals surface area contributed by atoms with E-state index in [0.717, 1.165) is 5.06 Å². The van der Waals surface area contributed by atoms with Crippen LogP contribution in [0.25, 0.3) is 0 Å². The summed E-state index contributed by atoms with van der Waals surface area (Å²) in [4.78, 5) is 25.8. The monoisotopic (exact) mass is 339 g/mol. The lowest BCUT2D eigenvalue weighted by Gasteiger charge is -2.21. The molecular formula is C6H3Br2N3O4. The fraction of sp³-hybridized carbons (Fsp3) is 0.167. The van der Waals surface area contributed by atoms with Crippen LogP contribution < -0.4 is 5.48 Å². The van der Waals surface area contributed by atoms with Gasteiger partial charge in [-0.1, -0.05) is 15.9 Å². The summed E-state index contributed by atoms with van der Waals surface area (Å²) in [6, 6.07) is 0. The fourth-order valence-electron chi connectivity index (χ4n) is 1.22. The normalized spacial score (nSPS) is 24.9. The number of fused-ring (bicyclic) bond motifs is 1. The van der Waals surface area contributed by atoms with E-state index < -0.39 is 15.8 Å². The highest BCUT2D eigenvalue weighted by atomic mass is 79.9. The van der Waals surface area contributed by atoms with E-state index in [2.05, 4.69) is 31.9 Å². The van der Waals surface area contributed by atoms with Gasteiger partial charge < -0.3 is 0 Å². The largest absolute Gasteiger partial charge is 0.314 e. The number of nitro groups is 1. The summed E-state index contributed by atoms with van der Waals surface area (Å²) in [7, 11) is 0. The van der Waals surface area contributed by atoms with Crippen LogP contribution >= 0.6 is 31.9 Å². The Hall–Kier alpha value is -0.930. The number of alkyl halides is 1. The van der Waals surface area contributed by atoms with Crippen LogP contribution in [-0.2, 0) is 9.73 Å². The molecular weight excluding hydrogens is 338 g/mol. The lowest BCUT2D eigenvalue weighted by Crippen LogP contribution is -2.30. The molecule has 0 aromatic carbocycles. The summed E-state index contributed by atoms with van der Waals surface area (Å²) >= 11 is 6.21. The second-order valence-electron chi connectivity index (χ2n) is 2.69. The number of hydrogen-bond acceptors (Lipinski definition) is 5. The molecule has 0 aliphatic carbocycles. The number of nitrogens with one attached hydrogen (secondary N) is 1. The summed E-state index contributed by atoms with van der Waals surface area (Å²) in [6.45, 7) is 0. The number of nitrogens with zero attached hydrogens (tertiary/aromatic N) is 2. The summed E-state index contributed by atoms with van der Waals surface area (Å²) in [5.74, 6) is -0.642. The van der Waals surface area contributed by atoms with E-state index in [-0.39, 0.29) is 15.9 Å². The molecule has 2 aliphatic heterocycles. The predicted octanol–water partition coefficient (Wildman–Crippen LogP) is 0.767. The van der Waals surface area contributed by atoms with Gasteiger partial charge in [-0.2, -0.15) is 10.0 Å². The number of amides is 1. The Balaban J connectivity index is 2.58. The van der Waals surface area contributed by atoms with Crippen molar-refractivity contribution in [1.82, 2.24) is 10.5 Å². The summed E-state index contributed by atoms with van der Waals surface area (Å²) in [6.07, 6.45) is 1.50. The van der Waals surface area contributed by atoms with Crippen LogP contribution in [0.15, 0.2) is 22.0 Å². The molecule has 1 saturated heterocycles. The second kappa shape index (κ2) is 3.58. The summed E-state index contributed by atoms with van der Waals surface area (Å²) in [5.41, 5.74) is 1.59. The first-order chi connectivity index (χ1) is 7.02. The molecule has 2 heterocycles. The van der Waals surface area contributed by atoms with Crippen molar-refractivity contribution in [3.8, 4) is 0 Å². The van der Waals surface area contributed by atoms with E-state index in [1.54, 1.807) is 0 Å². The Bertz CT molecular complexity index is 419. The molecule has 0 bridgehead atoms. The average molecular weight is 341 g/mol. The Morgan fingerprint density at radius 1 is 1.67 bits per heavy atom. The highest BCUT2D eigenvalue weighted by molar-refractivity contribution is 9.12. The molecule has 80 valence electrons. The second-order valence-corrected chi connectivity index (χ2v) is 4.48. The molecule has 1 unspecified atom stereocenters. The Morgan fingerprint density at radius 2 is 2.33 bits per heavy atom. The fourth-order valence-corrected chi connectivity index (χ4v) is 2.71. The molecule has 1 amide bonds. The van der Waals surface area contributed by atoms with Crippen molar-refractivity contribution in [3.63, 3.8) is 0 Å². The lowest BCUT2D eigenvalue weighted by molar-refractivity contribution is -0.422. The van der Waals surface area contributed by atoms with Crippen molar-refractivity contribution < 1.29 is 14.7 Å². The van der Waals surface area contributed by atoms with Gasteiger partial charge in [-0.25, -0.2) is 5.48 Å². The zero-order valence-electron chi connectivity index (χ0n) is 6.94. The Labute approximate surface area is 100 Å². The van der Waals surface area contributed by atoms with Crippen LogP contribution in [0.5, 0.6) is 0 Å². The molecule has 1 atom stereocenters. The number of halogens is 2. The third-order valence-corrected chi connectivity index (χ3v) is 3.09. The number of carbonyl (C=O) groups excluding carboxylic acids is 1. The molecule has 1 fully saturated rings. The summed E-state index contributed by atoms with van der Waals surface area (Å²) in [5, 5.41) is 11.8. The molecule has 2 rings (SSSR count). The number of rotatable bonds is 1. The third kappa shape index (κ3) is 1.56. The van der Waals surface area contributed by atoms with Gasteiger partial charge in [0.15, 0.2) is 0 Å². The smallest absolute Gasteiger partial charge is 0.265 e. The molecule has 0 saturated carbocycles. The minimum Gasteiger partial charge on any atom is -0.265 e. The Kier molecular flexibility index (Phi) is 2.52. The molecule has 15 heavy (non-hydrogen) atoms. The van der Waals surface area contributed by atoms with Crippen LogP contribution in [0.4, 0.5) is 0 Å². The summed E-state index contributed by atoms with van der Waals surface area (Å²) < 4.78 is 0.237. The van der Waals surface area contributed by atoms with E-state index in [9.17, 15) is 14.9 Å². The van der Waals surface area contributed by atoms with Crippen molar-refractivity contribution in [2.24, 2.45) is 0 Å². The van der Waals surface area contributed by atoms with Gasteiger partial charge in [-0.15, -0.1) is 0 Å². The van der Waals surface area contributed by atoms with E-state index in [4.69, 9.17) is 4.94 Å². The van der Waals surface area contributed by atoms with E-state index in [0.29, 0.717) is 0 Å². The number of hydroxylamine groups is 3. The minimum atomic E-state index is -0.643. The molecule has 1 N–H and O–H groups in total. The molecule has 0 radical (unpaired) electrons. The van der Waals surface area contributed by atoms with Gasteiger partial charge in [-0.05, 0) is 22.0 Å². The maximum Gasteiger partial charge on any atom is 0.314 e. The number of hydrogen-bond donors (Lipinski definition) is 1. The van der Waals surface area contributed by atoms with E-state index in [1.807, 2.05) is 5.48 Å². The zero-order valence-corrected chi connectivity index (χ0v) is 10.1. The van der Waals surface area contributed by atoms with Crippen LogP contribution in [0.2, 0.25) is 0 Å². The minimum absolute atomic E-state index is 0.128. The average Bonchev–Trinajstić information content (AvgIpc) is 2.48. The van der Waals surface area contributed by atoms with Gasteiger partial charge in [0.05, 0.1) is 9.41 Å². The maximum absolute atomic E-state index is 11.3. The highest BCUT2D eigenvalue weighted by Crippen LogP contribution is 2.35. The zero-order chi connectivity index (χ0) is 11.2. The standard InChI is InChI=1S/C6H3Br2N3O4/c7-2-1-3(8)10-5(4(2)11(13)14)6(12)9-15-10/h1,3H,(H,9,12). The van der Waals surface area contributed by atoms with Gasteiger partial charge in [0, 0.05) is 0 Å². The van der Waals surface area contributed by atoms with Crippen LogP contribution in [-0.4, -0.2) is 20.8 Å². The molecule has 0 aromatic rings. The van der Waals surface area contributed by atoms with E-state index in [1.165, 1.54) is 6.08 Å². The van der Waals surface area contributed by atoms with Crippen molar-refractivity contribution >= 4 is 37.8 Å². The predicted molar refractivity (Wildman–Crippen MR) is 54.8 cm³/mol. The van der Waals surface area contributed by atoms with Crippen LogP contribution in [0.1, 0.15) is 0 Å². The van der Waals surface area contributed by atoms with Gasteiger partial charge >= 0.3 is 11.6 Å². The van der Waals surface area contributed by atoms with Crippen molar-refractivity contribution in [2.75, 3.05) is 0 Å². The van der Waals surface area contributed by atoms with Crippen LogP contribution in [0, 0.1) is 10.1 Å². The third-order valence-electron chi connectivity index (χ3n) is 1.81. The molecule has 2 aliphatic rings. The first-order valence-corrected chi connectivity index (χ1v) is 5.40. The number of carbonyl (C=O) groups is 1. The van der Waals surface area contributed by atoms with Gasteiger partial charge in [0.25, 0.3) is 0 Å². The topological polar surface area (TPSA) is 84.7 Å². The SMILES string of the molecule is O=C1NON2C1=C([N+](=O)[O-])C(Br)=CC2Br. The first-order valence-electron chi connectivity index (χ1n) is 3.69. The lowest BCUT2D eigenvalue weighted by atomic mass is 10.2. The van der Waals surface area contributed by atoms with Crippen molar-refractivity contribution in [2.45, 2.75) is 4.95 Å². The van der Waals surface area contributed by atoms with Crippen molar-refractivity contribution in [3.05, 3.63) is 32.1 Å². The maximum atomic E-state index is 11.3. The molecule has 0 aromatic heterocycles. The quantitative estimate of drug-likeness (QED) is 0.330. The molecule has 9 heteroatoms. The van der Waals surface area contributed by atoms with Gasteiger partial charge in [-0.3, -0.25) is 14.9 Å². The molecule has 0 spiro atoms. The first kappa shape index (κ1) is 10.6. The van der Waals surface area contributed by atoms with Crippen molar-refractivity contribution in [1.29, 1.82) is 0 Å². The van der Waals surface area contributed by atoms with Gasteiger partial charge in [0.2, 0.25) is 5.70 Å². The Morgan fingerprint density at radius 3 is 2.93 bits per heavy atom. The molecule has 7 nitrogen and oxygen atoms in total. The van der Waals surface area contributed by atoms with E-state index >= 15 is 0 Å².